The second kappa shape index (κ2) is 7.93. The maximum atomic E-state index is 10.6. The van der Waals surface area contributed by atoms with E-state index in [4.69, 9.17) is 10.8 Å². The Morgan fingerprint density at radius 2 is 2.05 bits per heavy atom. The summed E-state index contributed by atoms with van der Waals surface area (Å²) in [4.78, 5) is 24.2. The zero-order valence-electron chi connectivity index (χ0n) is 11.0. The summed E-state index contributed by atoms with van der Waals surface area (Å²) in [5.41, 5.74) is 5.27. The second-order valence-corrected chi connectivity index (χ2v) is 4.34. The minimum absolute atomic E-state index is 0.110. The summed E-state index contributed by atoms with van der Waals surface area (Å²) in [6.07, 6.45) is 3.54. The van der Waals surface area contributed by atoms with Gasteiger partial charge in [-0.15, -0.1) is 0 Å². The number of nitrogen functional groups attached to an aromatic ring is 1. The average Bonchev–Trinajstić information content (AvgIpc) is 2.37. The number of carbonyl (C=O) groups is 1. The third kappa shape index (κ3) is 5.51. The normalized spacial score (nSPS) is 10.2. The first kappa shape index (κ1) is 15.7. The number of carboxylic acid groups (broad SMARTS) is 1. The number of rotatable bonds is 9. The van der Waals surface area contributed by atoms with Crippen molar-refractivity contribution >= 4 is 23.3 Å². The molecule has 110 valence electrons. The monoisotopic (exact) mass is 282 g/mol. The van der Waals surface area contributed by atoms with Gasteiger partial charge >= 0.3 is 11.7 Å². The van der Waals surface area contributed by atoms with Crippen molar-refractivity contribution in [1.82, 2.24) is 4.98 Å². The molecule has 1 heterocycles. The minimum atomic E-state index is -0.770. The van der Waals surface area contributed by atoms with Gasteiger partial charge in [0.2, 0.25) is 5.82 Å². The fourth-order valence-corrected chi connectivity index (χ4v) is 1.69. The Balaban J connectivity index is 2.24. The van der Waals surface area contributed by atoms with E-state index < -0.39 is 10.9 Å². The first-order chi connectivity index (χ1) is 9.50. The zero-order valence-corrected chi connectivity index (χ0v) is 11.0. The number of nitrogens with two attached hydrogens (primary N) is 1. The van der Waals surface area contributed by atoms with Crippen LogP contribution in [0.4, 0.5) is 17.3 Å². The number of anilines is 2. The van der Waals surface area contributed by atoms with E-state index in [0.29, 0.717) is 18.8 Å². The van der Waals surface area contributed by atoms with Crippen LogP contribution in [0, 0.1) is 10.1 Å². The summed E-state index contributed by atoms with van der Waals surface area (Å²) >= 11 is 0. The molecule has 0 radical (unpaired) electrons. The topological polar surface area (TPSA) is 131 Å². The van der Waals surface area contributed by atoms with Crippen LogP contribution >= 0.6 is 0 Å². The van der Waals surface area contributed by atoms with Gasteiger partial charge in [-0.3, -0.25) is 14.9 Å². The van der Waals surface area contributed by atoms with Gasteiger partial charge in [-0.1, -0.05) is 12.8 Å². The summed E-state index contributed by atoms with van der Waals surface area (Å²) in [6, 6.07) is 2.83. The van der Waals surface area contributed by atoms with Crippen molar-refractivity contribution in [1.29, 1.82) is 0 Å². The molecule has 4 N–H and O–H groups in total. The largest absolute Gasteiger partial charge is 0.481 e. The number of pyridine rings is 1. The highest BCUT2D eigenvalue weighted by Crippen LogP contribution is 2.20. The highest BCUT2D eigenvalue weighted by molar-refractivity contribution is 5.66. The molecule has 1 aromatic rings. The van der Waals surface area contributed by atoms with Gasteiger partial charge in [-0.05, 0) is 18.9 Å². The molecule has 0 unspecified atom stereocenters. The zero-order chi connectivity index (χ0) is 15.0. The van der Waals surface area contributed by atoms with Crippen molar-refractivity contribution in [3.05, 3.63) is 22.2 Å². The van der Waals surface area contributed by atoms with E-state index in [0.717, 1.165) is 19.3 Å². The van der Waals surface area contributed by atoms with Crippen LogP contribution in [-0.2, 0) is 4.79 Å². The molecule has 8 heteroatoms. The van der Waals surface area contributed by atoms with Crippen molar-refractivity contribution in [3.63, 3.8) is 0 Å². The molecule has 0 bridgehead atoms. The van der Waals surface area contributed by atoms with Crippen molar-refractivity contribution in [2.75, 3.05) is 17.6 Å². The average molecular weight is 282 g/mol. The van der Waals surface area contributed by atoms with Crippen LogP contribution in [0.1, 0.15) is 32.1 Å². The van der Waals surface area contributed by atoms with Gasteiger partial charge in [0.25, 0.3) is 0 Å². The van der Waals surface area contributed by atoms with E-state index in [1.165, 1.54) is 12.1 Å². The molecule has 0 saturated heterocycles. The number of hydrogen-bond acceptors (Lipinski definition) is 6. The third-order valence-electron chi connectivity index (χ3n) is 2.72. The highest BCUT2D eigenvalue weighted by Gasteiger charge is 2.12. The predicted molar refractivity (Wildman–Crippen MR) is 74.5 cm³/mol. The lowest BCUT2D eigenvalue weighted by Gasteiger charge is -2.06. The van der Waals surface area contributed by atoms with E-state index in [-0.39, 0.29) is 17.9 Å². The standard InChI is InChI=1S/C12H18N4O4/c13-12-9(16(19)20)6-7-10(15-12)14-8-4-2-1-3-5-11(17)18/h6-7H,1-5,8H2,(H,17,18)(H3,13,14,15). The molecular weight excluding hydrogens is 264 g/mol. The molecule has 1 rings (SSSR count). The number of nitrogens with one attached hydrogen (secondary N) is 1. The summed E-state index contributed by atoms with van der Waals surface area (Å²) in [5, 5.41) is 22.1. The van der Waals surface area contributed by atoms with Crippen LogP contribution in [-0.4, -0.2) is 27.5 Å². The molecule has 0 spiro atoms. The molecule has 0 aromatic carbocycles. The molecular formula is C12H18N4O4. The van der Waals surface area contributed by atoms with E-state index in [2.05, 4.69) is 10.3 Å². The molecule has 20 heavy (non-hydrogen) atoms. The third-order valence-corrected chi connectivity index (χ3v) is 2.72. The van der Waals surface area contributed by atoms with Gasteiger partial charge in [0.05, 0.1) is 4.92 Å². The summed E-state index contributed by atoms with van der Waals surface area (Å²) in [6.45, 7) is 0.664. The van der Waals surface area contributed by atoms with Crippen LogP contribution in [0.2, 0.25) is 0 Å². The van der Waals surface area contributed by atoms with E-state index in [1.807, 2.05) is 0 Å². The highest BCUT2D eigenvalue weighted by atomic mass is 16.6. The van der Waals surface area contributed by atoms with Crippen molar-refractivity contribution in [3.8, 4) is 0 Å². The maximum Gasteiger partial charge on any atom is 0.311 e. The quantitative estimate of drug-likeness (QED) is 0.358. The van der Waals surface area contributed by atoms with Crippen LogP contribution in [0.25, 0.3) is 0 Å². The smallest absolute Gasteiger partial charge is 0.311 e. The molecule has 0 aliphatic heterocycles. The lowest BCUT2D eigenvalue weighted by atomic mass is 10.1. The number of carboxylic acids is 1. The molecule has 0 fully saturated rings. The molecule has 0 saturated carbocycles. The van der Waals surface area contributed by atoms with Crippen LogP contribution in [0.3, 0.4) is 0 Å². The first-order valence-corrected chi connectivity index (χ1v) is 6.37. The number of nitrogens with zero attached hydrogens (tertiary/aromatic N) is 2. The molecule has 0 amide bonds. The first-order valence-electron chi connectivity index (χ1n) is 6.37. The molecule has 0 aliphatic rings. The Hall–Kier alpha value is -2.38. The van der Waals surface area contributed by atoms with Crippen LogP contribution < -0.4 is 11.1 Å². The van der Waals surface area contributed by atoms with E-state index >= 15 is 0 Å². The molecule has 1 aromatic heterocycles. The summed E-state index contributed by atoms with van der Waals surface area (Å²) in [5.74, 6) is -0.381. The van der Waals surface area contributed by atoms with Crippen LogP contribution in [0.15, 0.2) is 12.1 Å². The lowest BCUT2D eigenvalue weighted by Crippen LogP contribution is -2.06. The van der Waals surface area contributed by atoms with Crippen LogP contribution in [0.5, 0.6) is 0 Å². The van der Waals surface area contributed by atoms with Crippen molar-refractivity contribution in [2.45, 2.75) is 32.1 Å². The maximum absolute atomic E-state index is 10.6. The fourth-order valence-electron chi connectivity index (χ4n) is 1.69. The number of unbranched alkanes of at least 4 members (excludes halogenated alkanes) is 3. The van der Waals surface area contributed by atoms with Crippen molar-refractivity contribution < 1.29 is 14.8 Å². The molecule has 0 aliphatic carbocycles. The Morgan fingerprint density at radius 1 is 1.35 bits per heavy atom. The molecule has 0 atom stereocenters. The van der Waals surface area contributed by atoms with Gasteiger partial charge in [0.15, 0.2) is 0 Å². The number of aliphatic carboxylic acids is 1. The summed E-state index contributed by atoms with van der Waals surface area (Å²) < 4.78 is 0. The Kier molecular flexibility index (Phi) is 6.21. The van der Waals surface area contributed by atoms with Gasteiger partial charge in [-0.2, -0.15) is 0 Å². The Labute approximate surface area is 116 Å². The molecule has 8 nitrogen and oxygen atoms in total. The Morgan fingerprint density at radius 3 is 2.65 bits per heavy atom. The van der Waals surface area contributed by atoms with Crippen molar-refractivity contribution in [2.24, 2.45) is 0 Å². The SMILES string of the molecule is Nc1nc(NCCCCCCC(=O)O)ccc1[N+](=O)[O-]. The van der Waals surface area contributed by atoms with E-state index in [9.17, 15) is 14.9 Å². The number of hydrogen-bond donors (Lipinski definition) is 3. The van der Waals surface area contributed by atoms with Gasteiger partial charge in [-0.25, -0.2) is 4.98 Å². The summed E-state index contributed by atoms with van der Waals surface area (Å²) in [7, 11) is 0. The number of aromatic nitrogens is 1. The van der Waals surface area contributed by atoms with Gasteiger partial charge in [0, 0.05) is 19.0 Å². The minimum Gasteiger partial charge on any atom is -0.481 e. The Bertz CT molecular complexity index is 479. The van der Waals surface area contributed by atoms with Gasteiger partial charge < -0.3 is 16.2 Å². The number of nitro groups is 1. The van der Waals surface area contributed by atoms with E-state index in [1.54, 1.807) is 0 Å². The fraction of sp³-hybridized carbons (Fsp3) is 0.500. The van der Waals surface area contributed by atoms with Gasteiger partial charge in [0.1, 0.15) is 5.82 Å². The lowest BCUT2D eigenvalue weighted by molar-refractivity contribution is -0.384. The second-order valence-electron chi connectivity index (χ2n) is 4.34. The predicted octanol–water partition coefficient (Wildman–Crippen LogP) is 2.02.